The number of H-pyrrole nitrogens is 1. The van der Waals surface area contributed by atoms with Crippen LogP contribution in [-0.2, 0) is 11.2 Å². The van der Waals surface area contributed by atoms with Crippen LogP contribution in [0.3, 0.4) is 0 Å². The molecule has 0 bridgehead atoms. The fraction of sp³-hybridized carbons (Fsp3) is 0.286. The molecule has 0 spiro atoms. The van der Waals surface area contributed by atoms with Crippen molar-refractivity contribution in [2.24, 2.45) is 0 Å². The van der Waals surface area contributed by atoms with E-state index in [2.05, 4.69) is 9.97 Å². The van der Waals surface area contributed by atoms with Gasteiger partial charge in [0.2, 0.25) is 5.91 Å². The Morgan fingerprint density at radius 3 is 2.63 bits per heavy atom. The van der Waals surface area contributed by atoms with Gasteiger partial charge < -0.3 is 9.88 Å². The summed E-state index contributed by atoms with van der Waals surface area (Å²) in [5.74, 6) is 0.285. The molecule has 140 valence electrons. The van der Waals surface area contributed by atoms with Crippen molar-refractivity contribution in [3.63, 3.8) is 0 Å². The van der Waals surface area contributed by atoms with Gasteiger partial charge in [-0.3, -0.25) is 9.59 Å². The monoisotopic (exact) mass is 367 g/mol. The molecule has 2 aromatic carbocycles. The second-order valence-electron chi connectivity index (χ2n) is 6.62. The molecule has 5 nitrogen and oxygen atoms in total. The van der Waals surface area contributed by atoms with Gasteiger partial charge in [0.1, 0.15) is 11.6 Å². The van der Waals surface area contributed by atoms with Crippen molar-refractivity contribution in [3.8, 4) is 0 Å². The number of nitrogens with zero attached hydrogens (tertiary/aromatic N) is 2. The first-order valence-corrected chi connectivity index (χ1v) is 8.95. The maximum Gasteiger partial charge on any atom is 0.258 e. The number of carbonyl (C=O) groups is 1. The number of fused-ring (bicyclic) bond motifs is 1. The highest BCUT2D eigenvalue weighted by molar-refractivity contribution is 5.77. The van der Waals surface area contributed by atoms with Gasteiger partial charge in [0, 0.05) is 19.9 Å². The van der Waals surface area contributed by atoms with Gasteiger partial charge in [0.05, 0.1) is 16.9 Å². The molecular formula is C21H22FN3O2. The summed E-state index contributed by atoms with van der Waals surface area (Å²) in [7, 11) is 1.74. The summed E-state index contributed by atoms with van der Waals surface area (Å²) >= 11 is 0. The summed E-state index contributed by atoms with van der Waals surface area (Å²) in [5, 5.41) is 0.560. The van der Waals surface area contributed by atoms with Crippen molar-refractivity contribution in [3.05, 3.63) is 76.1 Å². The van der Waals surface area contributed by atoms with Crippen molar-refractivity contribution < 1.29 is 9.18 Å². The van der Waals surface area contributed by atoms with Crippen molar-refractivity contribution in [2.45, 2.75) is 32.2 Å². The molecule has 0 radical (unpaired) electrons. The lowest BCUT2D eigenvalue weighted by Crippen LogP contribution is -2.29. The SMILES string of the molecule is C[C@H](c1ccc(F)cc1)N(C)C(=O)CCCc1nc2ccccc2c(=O)[nH]1. The summed E-state index contributed by atoms with van der Waals surface area (Å²) in [5.41, 5.74) is 1.38. The highest BCUT2D eigenvalue weighted by Gasteiger charge is 2.17. The van der Waals surface area contributed by atoms with Crippen LogP contribution in [0.15, 0.2) is 53.3 Å². The molecule has 0 aliphatic heterocycles. The molecule has 1 atom stereocenters. The van der Waals surface area contributed by atoms with Gasteiger partial charge >= 0.3 is 0 Å². The van der Waals surface area contributed by atoms with Crippen LogP contribution in [0.5, 0.6) is 0 Å². The molecule has 0 saturated carbocycles. The van der Waals surface area contributed by atoms with Crippen LogP contribution in [0.2, 0.25) is 0 Å². The molecule has 3 rings (SSSR count). The molecular weight excluding hydrogens is 345 g/mol. The van der Waals surface area contributed by atoms with Crippen LogP contribution in [0.4, 0.5) is 4.39 Å². The number of para-hydroxylation sites is 1. The normalized spacial score (nSPS) is 12.1. The molecule has 0 aliphatic rings. The number of amides is 1. The molecule has 1 heterocycles. The summed E-state index contributed by atoms with van der Waals surface area (Å²) < 4.78 is 13.1. The summed E-state index contributed by atoms with van der Waals surface area (Å²) in [6.07, 6.45) is 1.45. The minimum absolute atomic E-state index is 0.00467. The molecule has 0 aliphatic carbocycles. The third kappa shape index (κ3) is 4.39. The highest BCUT2D eigenvalue weighted by Crippen LogP contribution is 2.20. The van der Waals surface area contributed by atoms with Crippen molar-refractivity contribution >= 4 is 16.8 Å². The Hall–Kier alpha value is -3.02. The highest BCUT2D eigenvalue weighted by atomic mass is 19.1. The largest absolute Gasteiger partial charge is 0.339 e. The second kappa shape index (κ2) is 8.12. The third-order valence-electron chi connectivity index (χ3n) is 4.79. The number of aryl methyl sites for hydroxylation is 1. The smallest absolute Gasteiger partial charge is 0.258 e. The molecule has 3 aromatic rings. The Morgan fingerprint density at radius 2 is 1.89 bits per heavy atom. The molecule has 6 heteroatoms. The molecule has 1 amide bonds. The van der Waals surface area contributed by atoms with Gasteiger partial charge in [-0.15, -0.1) is 0 Å². The van der Waals surface area contributed by atoms with E-state index in [4.69, 9.17) is 0 Å². The van der Waals surface area contributed by atoms with E-state index in [1.807, 2.05) is 13.0 Å². The topological polar surface area (TPSA) is 66.1 Å². The van der Waals surface area contributed by atoms with E-state index in [0.717, 1.165) is 5.56 Å². The predicted molar refractivity (Wildman–Crippen MR) is 103 cm³/mol. The number of aromatic nitrogens is 2. The van der Waals surface area contributed by atoms with Crippen molar-refractivity contribution in [2.75, 3.05) is 7.05 Å². The second-order valence-corrected chi connectivity index (χ2v) is 6.62. The van der Waals surface area contributed by atoms with E-state index in [-0.39, 0.29) is 23.3 Å². The van der Waals surface area contributed by atoms with E-state index in [0.29, 0.717) is 36.0 Å². The predicted octanol–water partition coefficient (Wildman–Crippen LogP) is 3.60. The Kier molecular flexibility index (Phi) is 5.64. The maximum atomic E-state index is 13.1. The van der Waals surface area contributed by atoms with Gasteiger partial charge in [-0.05, 0) is 43.2 Å². The van der Waals surface area contributed by atoms with E-state index >= 15 is 0 Å². The number of hydrogen-bond donors (Lipinski definition) is 1. The number of halogens is 1. The van der Waals surface area contributed by atoms with Crippen molar-refractivity contribution in [1.82, 2.24) is 14.9 Å². The van der Waals surface area contributed by atoms with Crippen LogP contribution in [0.25, 0.3) is 10.9 Å². The number of nitrogens with one attached hydrogen (secondary N) is 1. The lowest BCUT2D eigenvalue weighted by atomic mass is 10.1. The number of rotatable bonds is 6. The maximum absolute atomic E-state index is 13.1. The molecule has 0 saturated heterocycles. The van der Waals surface area contributed by atoms with Crippen LogP contribution < -0.4 is 5.56 Å². The summed E-state index contributed by atoms with van der Waals surface area (Å²) in [4.78, 5) is 33.4. The number of aromatic amines is 1. The van der Waals surface area contributed by atoms with Gasteiger partial charge in [-0.2, -0.15) is 0 Å². The summed E-state index contributed by atoms with van der Waals surface area (Å²) in [6.45, 7) is 1.91. The van der Waals surface area contributed by atoms with Gasteiger partial charge in [0.25, 0.3) is 5.56 Å². The third-order valence-corrected chi connectivity index (χ3v) is 4.79. The molecule has 1 aromatic heterocycles. The van der Waals surface area contributed by atoms with Crippen molar-refractivity contribution in [1.29, 1.82) is 0 Å². The van der Waals surface area contributed by atoms with E-state index in [1.165, 1.54) is 12.1 Å². The molecule has 0 unspecified atom stereocenters. The lowest BCUT2D eigenvalue weighted by Gasteiger charge is -2.25. The van der Waals surface area contributed by atoms with Gasteiger partial charge in [-0.1, -0.05) is 24.3 Å². The van der Waals surface area contributed by atoms with Crippen LogP contribution in [-0.4, -0.2) is 27.8 Å². The Morgan fingerprint density at radius 1 is 1.19 bits per heavy atom. The Bertz CT molecular complexity index is 998. The fourth-order valence-electron chi connectivity index (χ4n) is 3.02. The van der Waals surface area contributed by atoms with E-state index in [1.54, 1.807) is 42.3 Å². The number of benzene rings is 2. The van der Waals surface area contributed by atoms with Crippen LogP contribution in [0.1, 0.15) is 37.2 Å². The first kappa shape index (κ1) is 18.8. The summed E-state index contributed by atoms with van der Waals surface area (Å²) in [6, 6.07) is 13.2. The first-order valence-electron chi connectivity index (χ1n) is 8.95. The molecule has 27 heavy (non-hydrogen) atoms. The van der Waals surface area contributed by atoms with Crippen LogP contribution in [0, 0.1) is 5.82 Å². The Balaban J connectivity index is 1.59. The van der Waals surface area contributed by atoms with E-state index < -0.39 is 0 Å². The average molecular weight is 367 g/mol. The van der Waals surface area contributed by atoms with E-state index in [9.17, 15) is 14.0 Å². The fourth-order valence-corrected chi connectivity index (χ4v) is 3.02. The zero-order valence-corrected chi connectivity index (χ0v) is 15.4. The zero-order chi connectivity index (χ0) is 19.4. The average Bonchev–Trinajstić information content (AvgIpc) is 2.67. The first-order chi connectivity index (χ1) is 13.0. The minimum atomic E-state index is -0.295. The van der Waals surface area contributed by atoms with Gasteiger partial charge in [-0.25, -0.2) is 9.37 Å². The quantitative estimate of drug-likeness (QED) is 0.724. The molecule has 1 N–H and O–H groups in total. The number of carbonyl (C=O) groups excluding carboxylic acids is 1. The minimum Gasteiger partial charge on any atom is -0.339 e. The standard InChI is InChI=1S/C21H22FN3O2/c1-14(15-10-12-16(22)13-11-15)25(2)20(26)9-5-8-19-23-18-7-4-3-6-17(18)21(27)24-19/h3-4,6-7,10-14H,5,8-9H2,1-2H3,(H,23,24,27)/t14-/m1/s1. The number of hydrogen-bond acceptors (Lipinski definition) is 3. The van der Waals surface area contributed by atoms with Gasteiger partial charge in [0.15, 0.2) is 0 Å². The van der Waals surface area contributed by atoms with Crippen LogP contribution >= 0.6 is 0 Å². The molecule has 0 fully saturated rings. The Labute approximate surface area is 156 Å². The lowest BCUT2D eigenvalue weighted by molar-refractivity contribution is -0.131. The zero-order valence-electron chi connectivity index (χ0n) is 15.4.